The molecule has 2 amide bonds. The van der Waals surface area contributed by atoms with Crippen molar-refractivity contribution in [3.63, 3.8) is 0 Å². The number of nitrogens with zero attached hydrogens (tertiary/aromatic N) is 2. The molecule has 5 rings (SSSR count). The van der Waals surface area contributed by atoms with Gasteiger partial charge in [-0.25, -0.2) is 4.79 Å². The monoisotopic (exact) mass is 393 g/mol. The number of urea groups is 1. The van der Waals surface area contributed by atoms with E-state index < -0.39 is 0 Å². The van der Waals surface area contributed by atoms with Gasteiger partial charge in [-0.2, -0.15) is 0 Å². The molecule has 2 aliphatic rings. The Morgan fingerprint density at radius 1 is 1.11 bits per heavy atom. The second-order valence-corrected chi connectivity index (χ2v) is 8.20. The van der Waals surface area contributed by atoms with Gasteiger partial charge in [-0.15, -0.1) is 11.3 Å². The van der Waals surface area contributed by atoms with Crippen LogP contribution in [0.1, 0.15) is 17.2 Å². The first kappa shape index (κ1) is 16.5. The van der Waals surface area contributed by atoms with Crippen molar-refractivity contribution in [1.29, 1.82) is 0 Å². The van der Waals surface area contributed by atoms with Gasteiger partial charge in [-0.3, -0.25) is 9.89 Å². The Hall–Kier alpha value is -2.63. The van der Waals surface area contributed by atoms with Crippen LogP contribution in [0.2, 0.25) is 4.34 Å². The van der Waals surface area contributed by atoms with E-state index in [4.69, 9.17) is 11.6 Å². The molecule has 2 aliphatic heterocycles. The number of carbonyl (C=O) groups excluding carboxylic acids is 1. The predicted octanol–water partition coefficient (Wildman–Crippen LogP) is 5.60. The van der Waals surface area contributed by atoms with E-state index in [-0.39, 0.29) is 12.1 Å². The molecule has 2 aromatic carbocycles. The highest BCUT2D eigenvalue weighted by Gasteiger charge is 2.33. The predicted molar refractivity (Wildman–Crippen MR) is 112 cm³/mol. The Labute approximate surface area is 166 Å². The maximum absolute atomic E-state index is 12.5. The lowest BCUT2D eigenvalue weighted by Crippen LogP contribution is -2.29. The topological polar surface area (TPSA) is 44.7 Å². The summed E-state index contributed by atoms with van der Waals surface area (Å²) in [7, 11) is 0. The molecule has 0 bridgehead atoms. The van der Waals surface area contributed by atoms with Gasteiger partial charge in [0.2, 0.25) is 0 Å². The fourth-order valence-corrected chi connectivity index (χ4v) is 4.55. The van der Waals surface area contributed by atoms with Crippen LogP contribution in [0, 0.1) is 0 Å². The van der Waals surface area contributed by atoms with E-state index >= 15 is 0 Å². The van der Waals surface area contributed by atoms with E-state index in [9.17, 15) is 4.79 Å². The van der Waals surface area contributed by atoms with Crippen LogP contribution in [0.5, 0.6) is 0 Å². The van der Waals surface area contributed by atoms with Gasteiger partial charge in [0, 0.05) is 30.2 Å². The van der Waals surface area contributed by atoms with Crippen LogP contribution < -0.4 is 10.2 Å². The van der Waals surface area contributed by atoms with Crippen molar-refractivity contribution >= 4 is 46.6 Å². The second kappa shape index (κ2) is 6.51. The Morgan fingerprint density at radius 3 is 2.74 bits per heavy atom. The summed E-state index contributed by atoms with van der Waals surface area (Å²) in [6.07, 6.45) is 2.77. The van der Waals surface area contributed by atoms with Gasteiger partial charge in [0.1, 0.15) is 0 Å². The minimum atomic E-state index is -0.0735. The summed E-state index contributed by atoms with van der Waals surface area (Å²) in [5.41, 5.74) is 6.37. The van der Waals surface area contributed by atoms with Gasteiger partial charge >= 0.3 is 6.03 Å². The first-order valence-electron chi connectivity index (χ1n) is 8.76. The third-order valence-corrected chi connectivity index (χ3v) is 6.15. The molecule has 27 heavy (non-hydrogen) atoms. The zero-order chi connectivity index (χ0) is 18.4. The van der Waals surface area contributed by atoms with Crippen LogP contribution in [-0.2, 0) is 6.42 Å². The Balaban J connectivity index is 1.46. The SMILES string of the molecule is O=C1NCC(c2ccc(-c3csc(Cl)c3)cc2)N1c1ccc2c(c1)N=CC2. The molecule has 1 N–H and O–H groups in total. The lowest BCUT2D eigenvalue weighted by atomic mass is 10.0. The molecule has 1 fully saturated rings. The lowest BCUT2D eigenvalue weighted by Gasteiger charge is -2.24. The van der Waals surface area contributed by atoms with Crippen molar-refractivity contribution in [2.75, 3.05) is 11.4 Å². The van der Waals surface area contributed by atoms with Gasteiger partial charge in [-0.1, -0.05) is 41.9 Å². The zero-order valence-corrected chi connectivity index (χ0v) is 15.9. The van der Waals surface area contributed by atoms with Gasteiger partial charge in [-0.05, 0) is 40.5 Å². The number of aliphatic imine (C=N–C) groups is 1. The van der Waals surface area contributed by atoms with Crippen LogP contribution in [-0.4, -0.2) is 18.8 Å². The molecule has 6 heteroatoms. The summed E-state index contributed by atoms with van der Waals surface area (Å²) in [5, 5.41) is 5.02. The minimum absolute atomic E-state index is 0.0407. The number of benzene rings is 2. The number of thiophene rings is 1. The number of carbonyl (C=O) groups is 1. The summed E-state index contributed by atoms with van der Waals surface area (Å²) in [6, 6.07) is 16.3. The molecule has 0 saturated carbocycles. The zero-order valence-electron chi connectivity index (χ0n) is 14.4. The highest BCUT2D eigenvalue weighted by Crippen LogP contribution is 2.36. The average Bonchev–Trinajstić information content (AvgIpc) is 3.41. The van der Waals surface area contributed by atoms with Crippen LogP contribution >= 0.6 is 22.9 Å². The first-order chi connectivity index (χ1) is 13.2. The Morgan fingerprint density at radius 2 is 1.96 bits per heavy atom. The van der Waals surface area contributed by atoms with Crippen molar-refractivity contribution in [3.8, 4) is 11.1 Å². The molecule has 0 aliphatic carbocycles. The molecular weight excluding hydrogens is 378 g/mol. The number of amides is 2. The van der Waals surface area contributed by atoms with Crippen LogP contribution in [0.3, 0.4) is 0 Å². The maximum Gasteiger partial charge on any atom is 0.322 e. The Kier molecular flexibility index (Phi) is 3.99. The van der Waals surface area contributed by atoms with Gasteiger partial charge < -0.3 is 5.32 Å². The third-order valence-electron chi connectivity index (χ3n) is 5.06. The van der Waals surface area contributed by atoms with Crippen LogP contribution in [0.25, 0.3) is 11.1 Å². The minimum Gasteiger partial charge on any atom is -0.335 e. The molecule has 3 heterocycles. The number of hydrogen-bond donors (Lipinski definition) is 1. The molecule has 1 unspecified atom stereocenters. The van der Waals surface area contributed by atoms with Crippen molar-refractivity contribution in [3.05, 3.63) is 69.4 Å². The summed E-state index contributed by atoms with van der Waals surface area (Å²) >= 11 is 7.57. The molecule has 1 aromatic heterocycles. The van der Waals surface area contributed by atoms with E-state index in [1.165, 1.54) is 16.9 Å². The Bertz CT molecular complexity index is 1060. The van der Waals surface area contributed by atoms with E-state index in [1.54, 1.807) is 0 Å². The van der Waals surface area contributed by atoms with Crippen molar-refractivity contribution < 1.29 is 4.79 Å². The largest absolute Gasteiger partial charge is 0.335 e. The summed E-state index contributed by atoms with van der Waals surface area (Å²) in [4.78, 5) is 18.7. The van der Waals surface area contributed by atoms with Crippen LogP contribution in [0.15, 0.2) is 58.9 Å². The van der Waals surface area contributed by atoms with Crippen molar-refractivity contribution in [2.45, 2.75) is 12.5 Å². The van der Waals surface area contributed by atoms with E-state index in [1.807, 2.05) is 29.3 Å². The fourth-order valence-electron chi connectivity index (χ4n) is 3.66. The van der Waals surface area contributed by atoms with E-state index in [2.05, 4.69) is 46.0 Å². The third kappa shape index (κ3) is 2.93. The van der Waals surface area contributed by atoms with Gasteiger partial charge in [0.15, 0.2) is 0 Å². The number of anilines is 1. The number of halogens is 1. The first-order valence-corrected chi connectivity index (χ1v) is 10.0. The standard InChI is InChI=1S/C21H16ClN3OS/c22-20-9-16(12-27-20)13-1-3-15(4-2-13)19-11-24-21(26)25(19)17-6-5-14-7-8-23-18(14)10-17/h1-6,8-10,12,19H,7,11H2,(H,24,26). The number of rotatable bonds is 3. The van der Waals surface area contributed by atoms with Gasteiger partial charge in [0.05, 0.1) is 16.1 Å². The number of hydrogen-bond acceptors (Lipinski definition) is 3. The van der Waals surface area contributed by atoms with Gasteiger partial charge in [0.25, 0.3) is 0 Å². The summed E-state index contributed by atoms with van der Waals surface area (Å²) in [6.45, 7) is 0.586. The summed E-state index contributed by atoms with van der Waals surface area (Å²) in [5.74, 6) is 0. The fraction of sp³-hybridized carbons (Fsp3) is 0.143. The summed E-state index contributed by atoms with van der Waals surface area (Å²) < 4.78 is 0.783. The van der Waals surface area contributed by atoms with E-state index in [0.717, 1.165) is 38.8 Å². The normalized spacial score (nSPS) is 18.0. The van der Waals surface area contributed by atoms with E-state index in [0.29, 0.717) is 6.54 Å². The molecule has 134 valence electrons. The molecule has 3 aromatic rings. The lowest BCUT2D eigenvalue weighted by molar-refractivity contribution is 0.251. The quantitative estimate of drug-likeness (QED) is 0.618. The number of fused-ring (bicyclic) bond motifs is 1. The maximum atomic E-state index is 12.5. The highest BCUT2D eigenvalue weighted by atomic mass is 35.5. The molecule has 0 spiro atoms. The highest BCUT2D eigenvalue weighted by molar-refractivity contribution is 7.14. The second-order valence-electron chi connectivity index (χ2n) is 6.66. The van der Waals surface area contributed by atoms with Crippen molar-refractivity contribution in [1.82, 2.24) is 5.32 Å². The molecular formula is C21H16ClN3OS. The average molecular weight is 394 g/mol. The number of nitrogens with one attached hydrogen (secondary N) is 1. The van der Waals surface area contributed by atoms with Crippen molar-refractivity contribution in [2.24, 2.45) is 4.99 Å². The molecule has 0 radical (unpaired) electrons. The molecule has 1 atom stereocenters. The smallest absolute Gasteiger partial charge is 0.322 e. The molecule has 1 saturated heterocycles. The molecule has 4 nitrogen and oxygen atoms in total. The van der Waals surface area contributed by atoms with Crippen LogP contribution in [0.4, 0.5) is 16.2 Å².